The van der Waals surface area contributed by atoms with E-state index in [1.807, 2.05) is 0 Å². The molecule has 1 aliphatic carbocycles. The summed E-state index contributed by atoms with van der Waals surface area (Å²) < 4.78 is 63.0. The van der Waals surface area contributed by atoms with Crippen molar-refractivity contribution in [2.45, 2.75) is 56.4 Å². The number of nitrogens with zero attached hydrogens (tertiary/aromatic N) is 1. The van der Waals surface area contributed by atoms with Crippen molar-refractivity contribution in [3.8, 4) is 11.8 Å². The highest BCUT2D eigenvalue weighted by Crippen LogP contribution is 2.56. The predicted octanol–water partition coefficient (Wildman–Crippen LogP) is 4.67. The summed E-state index contributed by atoms with van der Waals surface area (Å²) in [6, 6.07) is 7.56. The Morgan fingerprint density at radius 2 is 1.88 bits per heavy atom. The van der Waals surface area contributed by atoms with Gasteiger partial charge >= 0.3 is 15.6 Å². The van der Waals surface area contributed by atoms with Gasteiger partial charge in [-0.05, 0) is 36.5 Å². The highest BCUT2D eigenvalue weighted by atomic mass is 32.2. The zero-order valence-corrected chi connectivity index (χ0v) is 14.7. The lowest BCUT2D eigenvalue weighted by Gasteiger charge is -2.12. The van der Waals surface area contributed by atoms with Crippen molar-refractivity contribution >= 4 is 10.1 Å². The number of rotatable bonds is 8. The molecule has 25 heavy (non-hydrogen) atoms. The topological polar surface area (TPSA) is 67.2 Å². The number of unbranched alkanes of at least 4 members (excludes halogenated alkanes) is 3. The summed E-state index contributed by atoms with van der Waals surface area (Å²) in [4.78, 5) is 0. The van der Waals surface area contributed by atoms with Crippen molar-refractivity contribution in [2.24, 2.45) is 5.92 Å². The first kappa shape index (κ1) is 19.6. The fourth-order valence-electron chi connectivity index (χ4n) is 3.03. The quantitative estimate of drug-likeness (QED) is 0.376. The third-order valence-corrected chi connectivity index (χ3v) is 5.55. The minimum atomic E-state index is -5.68. The average molecular weight is 375 g/mol. The van der Waals surface area contributed by atoms with Gasteiger partial charge in [-0.3, -0.25) is 0 Å². The molecule has 4 nitrogen and oxygen atoms in total. The van der Waals surface area contributed by atoms with Crippen LogP contribution in [0.1, 0.15) is 51.0 Å². The van der Waals surface area contributed by atoms with E-state index in [2.05, 4.69) is 17.2 Å². The Bertz CT molecular complexity index is 738. The molecule has 1 saturated carbocycles. The standard InChI is InChI=1S/C17H20F3NO3S/c1-2-3-4-5-6-14-11-16(14,12-21)13-7-9-15(10-8-13)24-25(22,23)17(18,19)20/h7-10,14H,2-6,11H2,1H3/t14-,16-/m0/s1. The molecule has 0 aromatic heterocycles. The van der Waals surface area contributed by atoms with E-state index in [1.54, 1.807) is 0 Å². The maximum atomic E-state index is 12.3. The first-order chi connectivity index (χ1) is 11.7. The summed E-state index contributed by atoms with van der Waals surface area (Å²) in [5.41, 5.74) is -5.40. The minimum absolute atomic E-state index is 0.236. The van der Waals surface area contributed by atoms with Crippen molar-refractivity contribution in [1.29, 1.82) is 5.26 Å². The van der Waals surface area contributed by atoms with Crippen LogP contribution in [0, 0.1) is 17.2 Å². The van der Waals surface area contributed by atoms with Gasteiger partial charge in [-0.1, -0.05) is 44.7 Å². The van der Waals surface area contributed by atoms with Gasteiger partial charge in [-0.15, -0.1) is 0 Å². The molecule has 0 radical (unpaired) electrons. The monoisotopic (exact) mass is 375 g/mol. The maximum Gasteiger partial charge on any atom is 0.534 e. The van der Waals surface area contributed by atoms with Crippen molar-refractivity contribution in [1.82, 2.24) is 0 Å². The second-order valence-electron chi connectivity index (χ2n) is 6.34. The van der Waals surface area contributed by atoms with E-state index in [-0.39, 0.29) is 5.92 Å². The van der Waals surface area contributed by atoms with Gasteiger partial charge in [0.05, 0.1) is 11.5 Å². The molecule has 0 saturated heterocycles. The molecule has 2 rings (SSSR count). The van der Waals surface area contributed by atoms with E-state index in [0.717, 1.165) is 50.7 Å². The molecule has 0 heterocycles. The van der Waals surface area contributed by atoms with Crippen LogP contribution in [0.2, 0.25) is 0 Å². The van der Waals surface area contributed by atoms with Gasteiger partial charge in [-0.25, -0.2) is 0 Å². The third kappa shape index (κ3) is 4.27. The molecule has 2 atom stereocenters. The van der Waals surface area contributed by atoms with Crippen LogP contribution >= 0.6 is 0 Å². The zero-order chi connectivity index (χ0) is 18.7. The summed E-state index contributed by atoms with van der Waals surface area (Å²) in [7, 11) is -5.68. The van der Waals surface area contributed by atoms with E-state index >= 15 is 0 Å². The van der Waals surface area contributed by atoms with E-state index in [1.165, 1.54) is 12.1 Å². The van der Waals surface area contributed by atoms with Crippen LogP contribution in [0.15, 0.2) is 24.3 Å². The van der Waals surface area contributed by atoms with Gasteiger partial charge < -0.3 is 4.18 Å². The predicted molar refractivity (Wildman–Crippen MR) is 86.2 cm³/mol. The van der Waals surface area contributed by atoms with Crippen LogP contribution in [-0.4, -0.2) is 13.9 Å². The van der Waals surface area contributed by atoms with Crippen LogP contribution in [0.4, 0.5) is 13.2 Å². The van der Waals surface area contributed by atoms with Crippen LogP contribution < -0.4 is 4.18 Å². The minimum Gasteiger partial charge on any atom is -0.376 e. The molecule has 0 N–H and O–H groups in total. The normalized spacial score (nSPS) is 23.1. The number of halogens is 3. The van der Waals surface area contributed by atoms with Gasteiger partial charge in [0.1, 0.15) is 5.75 Å². The molecule has 0 spiro atoms. The van der Waals surface area contributed by atoms with Gasteiger partial charge in [0.25, 0.3) is 0 Å². The maximum absolute atomic E-state index is 12.3. The zero-order valence-electron chi connectivity index (χ0n) is 13.8. The van der Waals surface area contributed by atoms with Crippen LogP contribution in [0.25, 0.3) is 0 Å². The number of benzene rings is 1. The SMILES string of the molecule is CCCCCC[C@H]1C[C@]1(C#N)c1ccc(OS(=O)(=O)C(F)(F)F)cc1. The molecule has 0 bridgehead atoms. The highest BCUT2D eigenvalue weighted by molar-refractivity contribution is 7.88. The van der Waals surface area contributed by atoms with Crippen LogP contribution in [0.5, 0.6) is 5.75 Å². The van der Waals surface area contributed by atoms with Gasteiger partial charge in [0.2, 0.25) is 0 Å². The molecule has 0 amide bonds. The van der Waals surface area contributed by atoms with E-state index in [4.69, 9.17) is 0 Å². The second kappa shape index (κ2) is 7.24. The van der Waals surface area contributed by atoms with E-state index in [0.29, 0.717) is 5.56 Å². The summed E-state index contributed by atoms with van der Waals surface area (Å²) in [6.07, 6.45) is 6.12. The smallest absolute Gasteiger partial charge is 0.376 e. The molecule has 138 valence electrons. The molecule has 0 unspecified atom stereocenters. The Kier molecular flexibility index (Phi) is 5.67. The Hall–Kier alpha value is -1.75. The Labute approximate surface area is 145 Å². The van der Waals surface area contributed by atoms with Crippen molar-refractivity contribution < 1.29 is 25.8 Å². The average Bonchev–Trinajstić information content (AvgIpc) is 3.25. The summed E-state index contributed by atoms with van der Waals surface area (Å²) in [6.45, 7) is 2.12. The number of alkyl halides is 3. The van der Waals surface area contributed by atoms with Crippen molar-refractivity contribution in [3.05, 3.63) is 29.8 Å². The van der Waals surface area contributed by atoms with Gasteiger partial charge in [-0.2, -0.15) is 26.9 Å². The molecular weight excluding hydrogens is 355 g/mol. The number of nitriles is 1. The van der Waals surface area contributed by atoms with Crippen LogP contribution in [-0.2, 0) is 15.5 Å². The lowest BCUT2D eigenvalue weighted by atomic mass is 9.93. The first-order valence-corrected chi connectivity index (χ1v) is 9.59. The number of hydrogen-bond acceptors (Lipinski definition) is 4. The molecule has 8 heteroatoms. The van der Waals surface area contributed by atoms with E-state index in [9.17, 15) is 26.9 Å². The molecule has 1 aromatic rings. The lowest BCUT2D eigenvalue weighted by molar-refractivity contribution is -0.0500. The lowest BCUT2D eigenvalue weighted by Crippen LogP contribution is -2.28. The summed E-state index contributed by atoms with van der Waals surface area (Å²) in [5.74, 6) is -0.186. The van der Waals surface area contributed by atoms with Crippen LogP contribution in [0.3, 0.4) is 0 Å². The second-order valence-corrected chi connectivity index (χ2v) is 7.88. The Morgan fingerprint density at radius 1 is 1.24 bits per heavy atom. The number of hydrogen-bond donors (Lipinski definition) is 0. The Morgan fingerprint density at radius 3 is 2.40 bits per heavy atom. The van der Waals surface area contributed by atoms with Crippen molar-refractivity contribution in [2.75, 3.05) is 0 Å². The Balaban J connectivity index is 2.04. The fourth-order valence-corrected chi connectivity index (χ4v) is 3.49. The third-order valence-electron chi connectivity index (χ3n) is 4.57. The molecular formula is C17H20F3NO3S. The van der Waals surface area contributed by atoms with E-state index < -0.39 is 26.8 Å². The molecule has 1 fully saturated rings. The summed E-state index contributed by atoms with van der Waals surface area (Å²) >= 11 is 0. The fraction of sp³-hybridized carbons (Fsp3) is 0.588. The summed E-state index contributed by atoms with van der Waals surface area (Å²) in [5, 5.41) is 9.52. The molecule has 1 aliphatic rings. The highest BCUT2D eigenvalue weighted by Gasteiger charge is 2.55. The first-order valence-electron chi connectivity index (χ1n) is 8.19. The molecule has 0 aliphatic heterocycles. The van der Waals surface area contributed by atoms with Gasteiger partial charge in [0, 0.05) is 0 Å². The van der Waals surface area contributed by atoms with Crippen molar-refractivity contribution in [3.63, 3.8) is 0 Å². The largest absolute Gasteiger partial charge is 0.534 e. The molecule has 1 aromatic carbocycles. The van der Waals surface area contributed by atoms with Gasteiger partial charge in [0.15, 0.2) is 0 Å².